The number of amides is 1. The Bertz CT molecular complexity index is 451. The van der Waals surface area contributed by atoms with Gasteiger partial charge in [0, 0.05) is 12.2 Å². The zero-order valence-electron chi connectivity index (χ0n) is 13.2. The maximum Gasteiger partial charge on any atom is 0.241 e. The summed E-state index contributed by atoms with van der Waals surface area (Å²) >= 11 is 0. The molecular weight excluding hydrogens is 262 g/mol. The highest BCUT2D eigenvalue weighted by Crippen LogP contribution is 2.18. The van der Waals surface area contributed by atoms with Gasteiger partial charge >= 0.3 is 0 Å². The fraction of sp³-hybridized carbons (Fsp3) is 0.588. The van der Waals surface area contributed by atoms with Crippen molar-refractivity contribution in [3.8, 4) is 0 Å². The number of carbonyl (C=O) groups is 1. The van der Waals surface area contributed by atoms with Crippen LogP contribution in [0.15, 0.2) is 24.3 Å². The third-order valence-corrected chi connectivity index (χ3v) is 4.19. The first-order chi connectivity index (χ1) is 10.2. The van der Waals surface area contributed by atoms with Crippen molar-refractivity contribution < 1.29 is 4.79 Å². The van der Waals surface area contributed by atoms with Gasteiger partial charge in [-0.05, 0) is 44.1 Å². The van der Waals surface area contributed by atoms with E-state index < -0.39 is 0 Å². The molecule has 1 atom stereocenters. The van der Waals surface area contributed by atoms with Gasteiger partial charge in [-0.3, -0.25) is 9.69 Å². The van der Waals surface area contributed by atoms with Crippen molar-refractivity contribution in [2.24, 2.45) is 0 Å². The molecule has 1 aromatic rings. The Morgan fingerprint density at radius 1 is 1.29 bits per heavy atom. The lowest BCUT2D eigenvalue weighted by atomic mass is 10.0. The SMILES string of the molecule is CCN(CC)Cc1ccccc1NC(=O)C1CCCCN1. The van der Waals surface area contributed by atoms with Crippen molar-refractivity contribution in [2.45, 2.75) is 45.7 Å². The highest BCUT2D eigenvalue weighted by atomic mass is 16.2. The van der Waals surface area contributed by atoms with Gasteiger partial charge < -0.3 is 10.6 Å². The van der Waals surface area contributed by atoms with E-state index >= 15 is 0 Å². The molecule has 1 aliphatic rings. The Morgan fingerprint density at radius 2 is 2.05 bits per heavy atom. The number of nitrogens with zero attached hydrogens (tertiary/aromatic N) is 1. The standard InChI is InChI=1S/C17H27N3O/c1-3-20(4-2)13-14-9-5-6-10-15(14)19-17(21)16-11-7-8-12-18-16/h5-6,9-10,16,18H,3-4,7-8,11-13H2,1-2H3,(H,19,21). The van der Waals surface area contributed by atoms with Crippen LogP contribution in [0.4, 0.5) is 5.69 Å². The zero-order chi connectivity index (χ0) is 15.1. The molecule has 2 N–H and O–H groups in total. The van der Waals surface area contributed by atoms with E-state index in [1.165, 1.54) is 12.0 Å². The first kappa shape index (κ1) is 16.0. The predicted octanol–water partition coefficient (Wildman–Crippen LogP) is 2.61. The fourth-order valence-corrected chi connectivity index (χ4v) is 2.76. The van der Waals surface area contributed by atoms with Crippen LogP contribution in [0.25, 0.3) is 0 Å². The second kappa shape index (κ2) is 8.15. The van der Waals surface area contributed by atoms with E-state index in [1.807, 2.05) is 18.2 Å². The molecule has 1 amide bonds. The number of piperidine rings is 1. The number of anilines is 1. The van der Waals surface area contributed by atoms with Crippen LogP contribution in [0.3, 0.4) is 0 Å². The van der Waals surface area contributed by atoms with E-state index in [9.17, 15) is 4.79 Å². The van der Waals surface area contributed by atoms with Crippen LogP contribution in [0.1, 0.15) is 38.7 Å². The van der Waals surface area contributed by atoms with E-state index in [2.05, 4.69) is 35.4 Å². The van der Waals surface area contributed by atoms with Crippen molar-refractivity contribution >= 4 is 11.6 Å². The molecule has 1 aromatic carbocycles. The predicted molar refractivity (Wildman–Crippen MR) is 87.3 cm³/mol. The summed E-state index contributed by atoms with van der Waals surface area (Å²) in [4.78, 5) is 14.7. The highest BCUT2D eigenvalue weighted by Gasteiger charge is 2.21. The van der Waals surface area contributed by atoms with E-state index in [1.54, 1.807) is 0 Å². The first-order valence-corrected chi connectivity index (χ1v) is 8.09. The molecule has 0 bridgehead atoms. The Kier molecular flexibility index (Phi) is 6.21. The van der Waals surface area contributed by atoms with Crippen LogP contribution in [0, 0.1) is 0 Å². The molecule has 2 rings (SSSR count). The number of para-hydroxylation sites is 1. The molecule has 21 heavy (non-hydrogen) atoms. The summed E-state index contributed by atoms with van der Waals surface area (Å²) < 4.78 is 0. The Labute approximate surface area is 127 Å². The van der Waals surface area contributed by atoms with Crippen molar-refractivity contribution in [1.29, 1.82) is 0 Å². The molecule has 0 aliphatic carbocycles. The fourth-order valence-electron chi connectivity index (χ4n) is 2.76. The molecule has 4 nitrogen and oxygen atoms in total. The average molecular weight is 289 g/mol. The van der Waals surface area contributed by atoms with E-state index in [0.717, 1.165) is 44.7 Å². The summed E-state index contributed by atoms with van der Waals surface area (Å²) in [5, 5.41) is 6.40. The lowest BCUT2D eigenvalue weighted by Gasteiger charge is -2.24. The summed E-state index contributed by atoms with van der Waals surface area (Å²) in [5.41, 5.74) is 2.13. The molecule has 1 unspecified atom stereocenters. The van der Waals surface area contributed by atoms with E-state index in [0.29, 0.717) is 0 Å². The van der Waals surface area contributed by atoms with Crippen LogP contribution in [0.5, 0.6) is 0 Å². The molecule has 116 valence electrons. The van der Waals surface area contributed by atoms with Gasteiger partial charge in [0.25, 0.3) is 0 Å². The van der Waals surface area contributed by atoms with Crippen molar-refractivity contribution in [3.05, 3.63) is 29.8 Å². The van der Waals surface area contributed by atoms with E-state index in [-0.39, 0.29) is 11.9 Å². The number of hydrogen-bond acceptors (Lipinski definition) is 3. The number of carbonyl (C=O) groups excluding carboxylic acids is 1. The monoisotopic (exact) mass is 289 g/mol. The number of benzene rings is 1. The van der Waals surface area contributed by atoms with Gasteiger partial charge in [-0.25, -0.2) is 0 Å². The number of hydrogen-bond donors (Lipinski definition) is 2. The van der Waals surface area contributed by atoms with E-state index in [4.69, 9.17) is 0 Å². The summed E-state index contributed by atoms with van der Waals surface area (Å²) in [6, 6.07) is 8.07. The van der Waals surface area contributed by atoms with Gasteiger partial charge in [0.2, 0.25) is 5.91 Å². The zero-order valence-corrected chi connectivity index (χ0v) is 13.2. The van der Waals surface area contributed by atoms with Crippen LogP contribution in [-0.2, 0) is 11.3 Å². The quantitative estimate of drug-likeness (QED) is 0.846. The lowest BCUT2D eigenvalue weighted by Crippen LogP contribution is -2.43. The summed E-state index contributed by atoms with van der Waals surface area (Å²) in [6.07, 6.45) is 3.23. The number of rotatable bonds is 6. The Morgan fingerprint density at radius 3 is 2.71 bits per heavy atom. The maximum atomic E-state index is 12.4. The van der Waals surface area contributed by atoms with Crippen LogP contribution in [0.2, 0.25) is 0 Å². The second-order valence-corrected chi connectivity index (χ2v) is 5.61. The van der Waals surface area contributed by atoms with Gasteiger partial charge in [-0.2, -0.15) is 0 Å². The largest absolute Gasteiger partial charge is 0.324 e. The molecule has 1 aliphatic heterocycles. The topological polar surface area (TPSA) is 44.4 Å². The second-order valence-electron chi connectivity index (χ2n) is 5.61. The van der Waals surface area contributed by atoms with Crippen LogP contribution < -0.4 is 10.6 Å². The molecule has 0 radical (unpaired) electrons. The van der Waals surface area contributed by atoms with Gasteiger partial charge in [-0.15, -0.1) is 0 Å². The number of nitrogens with one attached hydrogen (secondary N) is 2. The molecule has 0 saturated carbocycles. The minimum Gasteiger partial charge on any atom is -0.324 e. The maximum absolute atomic E-state index is 12.4. The van der Waals surface area contributed by atoms with Crippen LogP contribution in [-0.4, -0.2) is 36.5 Å². The Balaban J connectivity index is 2.03. The summed E-state index contributed by atoms with van der Waals surface area (Å²) in [5.74, 6) is 0.0988. The first-order valence-electron chi connectivity index (χ1n) is 8.09. The van der Waals surface area contributed by atoms with Crippen LogP contribution >= 0.6 is 0 Å². The van der Waals surface area contributed by atoms with Gasteiger partial charge in [-0.1, -0.05) is 38.5 Å². The molecule has 4 heteroatoms. The van der Waals surface area contributed by atoms with Crippen molar-refractivity contribution in [1.82, 2.24) is 10.2 Å². The Hall–Kier alpha value is -1.39. The van der Waals surface area contributed by atoms with Gasteiger partial charge in [0.1, 0.15) is 0 Å². The normalized spacial score (nSPS) is 18.7. The minimum atomic E-state index is -0.0414. The third kappa shape index (κ3) is 4.55. The lowest BCUT2D eigenvalue weighted by molar-refractivity contribution is -0.118. The van der Waals surface area contributed by atoms with Crippen molar-refractivity contribution in [3.63, 3.8) is 0 Å². The smallest absolute Gasteiger partial charge is 0.241 e. The molecule has 0 aromatic heterocycles. The minimum absolute atomic E-state index is 0.0414. The molecule has 1 saturated heterocycles. The molecular formula is C17H27N3O. The molecule has 1 fully saturated rings. The molecule has 0 spiro atoms. The highest BCUT2D eigenvalue weighted by molar-refractivity contribution is 5.95. The average Bonchev–Trinajstić information content (AvgIpc) is 2.54. The third-order valence-electron chi connectivity index (χ3n) is 4.19. The summed E-state index contributed by atoms with van der Waals surface area (Å²) in [7, 11) is 0. The van der Waals surface area contributed by atoms with Gasteiger partial charge in [0.15, 0.2) is 0 Å². The van der Waals surface area contributed by atoms with Gasteiger partial charge in [0.05, 0.1) is 6.04 Å². The summed E-state index contributed by atoms with van der Waals surface area (Å²) in [6.45, 7) is 8.18. The molecule has 1 heterocycles. The van der Waals surface area contributed by atoms with Crippen molar-refractivity contribution in [2.75, 3.05) is 25.0 Å².